The summed E-state index contributed by atoms with van der Waals surface area (Å²) in [4.78, 5) is 2.43. The van der Waals surface area contributed by atoms with Crippen LogP contribution in [0.1, 0.15) is 75.2 Å². The van der Waals surface area contributed by atoms with Crippen LogP contribution >= 0.6 is 0 Å². The SMILES string of the molecule is CO[C@]12CC[C@H](O)C[C@H]1N(Cc1cc(C3CCCCC3)no1)CC2. The van der Waals surface area contributed by atoms with Crippen molar-refractivity contribution < 1.29 is 14.4 Å². The number of nitrogens with zero attached hydrogens (tertiary/aromatic N) is 2. The molecule has 5 nitrogen and oxygen atoms in total. The van der Waals surface area contributed by atoms with Gasteiger partial charge in [-0.2, -0.15) is 0 Å². The Labute approximate surface area is 144 Å². The van der Waals surface area contributed by atoms with E-state index in [2.05, 4.69) is 16.1 Å². The highest BCUT2D eigenvalue weighted by Gasteiger charge is 2.50. The van der Waals surface area contributed by atoms with E-state index in [0.717, 1.165) is 50.2 Å². The summed E-state index contributed by atoms with van der Waals surface area (Å²) in [5, 5.41) is 14.5. The second-order valence-electron chi connectivity index (χ2n) is 7.99. The highest BCUT2D eigenvalue weighted by Crippen LogP contribution is 2.43. The van der Waals surface area contributed by atoms with E-state index in [9.17, 15) is 5.11 Å². The average molecular weight is 334 g/mol. The highest BCUT2D eigenvalue weighted by atomic mass is 16.5. The lowest BCUT2D eigenvalue weighted by molar-refractivity contribution is -0.0886. The molecule has 1 saturated heterocycles. The zero-order valence-corrected chi connectivity index (χ0v) is 14.7. The van der Waals surface area contributed by atoms with Crippen molar-refractivity contribution in [3.8, 4) is 0 Å². The molecular weight excluding hydrogens is 304 g/mol. The summed E-state index contributed by atoms with van der Waals surface area (Å²) < 4.78 is 11.6. The Bertz CT molecular complexity index is 555. The molecule has 0 aromatic carbocycles. The lowest BCUT2D eigenvalue weighted by atomic mass is 9.79. The van der Waals surface area contributed by atoms with Crippen molar-refractivity contribution in [2.75, 3.05) is 13.7 Å². The molecule has 1 N–H and O–H groups in total. The minimum atomic E-state index is -0.202. The first-order chi connectivity index (χ1) is 11.7. The van der Waals surface area contributed by atoms with Crippen molar-refractivity contribution in [1.82, 2.24) is 10.1 Å². The van der Waals surface area contributed by atoms with E-state index in [0.29, 0.717) is 5.92 Å². The van der Waals surface area contributed by atoms with Crippen LogP contribution in [0.2, 0.25) is 0 Å². The predicted molar refractivity (Wildman–Crippen MR) is 90.7 cm³/mol. The third kappa shape index (κ3) is 3.02. The summed E-state index contributed by atoms with van der Waals surface area (Å²) in [5.74, 6) is 1.55. The van der Waals surface area contributed by atoms with E-state index in [1.54, 1.807) is 0 Å². The van der Waals surface area contributed by atoms with E-state index < -0.39 is 0 Å². The lowest BCUT2D eigenvalue weighted by Crippen LogP contribution is -2.51. The van der Waals surface area contributed by atoms with Crippen LogP contribution in [-0.2, 0) is 11.3 Å². The zero-order valence-electron chi connectivity index (χ0n) is 14.7. The van der Waals surface area contributed by atoms with Gasteiger partial charge in [0.25, 0.3) is 0 Å². The molecule has 1 aliphatic heterocycles. The first kappa shape index (κ1) is 16.6. The number of methoxy groups -OCH3 is 1. The van der Waals surface area contributed by atoms with Gasteiger partial charge >= 0.3 is 0 Å². The maximum Gasteiger partial charge on any atom is 0.150 e. The largest absolute Gasteiger partial charge is 0.393 e. The molecule has 0 amide bonds. The van der Waals surface area contributed by atoms with Crippen LogP contribution in [0.25, 0.3) is 0 Å². The van der Waals surface area contributed by atoms with Crippen LogP contribution in [0.5, 0.6) is 0 Å². The Morgan fingerprint density at radius 1 is 1.29 bits per heavy atom. The summed E-state index contributed by atoms with van der Waals surface area (Å²) in [6, 6.07) is 2.46. The lowest BCUT2D eigenvalue weighted by Gasteiger charge is -2.42. The molecule has 2 heterocycles. The van der Waals surface area contributed by atoms with Gasteiger partial charge in [0, 0.05) is 31.7 Å². The molecule has 1 aromatic heterocycles. The van der Waals surface area contributed by atoms with Crippen molar-refractivity contribution in [3.05, 3.63) is 17.5 Å². The van der Waals surface area contributed by atoms with Crippen molar-refractivity contribution in [2.45, 2.75) is 88.0 Å². The molecule has 2 aliphatic carbocycles. The van der Waals surface area contributed by atoms with E-state index in [-0.39, 0.29) is 17.7 Å². The van der Waals surface area contributed by atoms with Gasteiger partial charge in [0.2, 0.25) is 0 Å². The number of hydrogen-bond donors (Lipinski definition) is 1. The number of aliphatic hydroxyl groups is 1. The normalized spacial score (nSPS) is 35.2. The third-order valence-corrected chi connectivity index (χ3v) is 6.63. The average Bonchev–Trinajstić information content (AvgIpc) is 3.22. The van der Waals surface area contributed by atoms with Gasteiger partial charge in [-0.25, -0.2) is 0 Å². The summed E-state index contributed by atoms with van der Waals surface area (Å²) in [7, 11) is 1.82. The van der Waals surface area contributed by atoms with Gasteiger partial charge in [-0.1, -0.05) is 24.4 Å². The van der Waals surface area contributed by atoms with Crippen LogP contribution < -0.4 is 0 Å². The van der Waals surface area contributed by atoms with Gasteiger partial charge in [-0.3, -0.25) is 4.90 Å². The summed E-state index contributed by atoms with van der Waals surface area (Å²) in [6.45, 7) is 1.78. The molecule has 134 valence electrons. The minimum Gasteiger partial charge on any atom is -0.393 e. The van der Waals surface area contributed by atoms with E-state index >= 15 is 0 Å². The van der Waals surface area contributed by atoms with Crippen LogP contribution in [-0.4, -0.2) is 46.6 Å². The fourth-order valence-corrected chi connectivity index (χ4v) is 5.15. The standard InChI is InChI=1S/C19H30N2O3/c1-23-19-8-7-15(22)11-18(19)21(10-9-19)13-16-12-17(20-24-16)14-5-3-2-4-6-14/h12,14-15,18,22H,2-11,13H2,1H3/t15-,18+,19-/m0/s1. The molecule has 4 rings (SSSR count). The van der Waals surface area contributed by atoms with Crippen LogP contribution in [0.4, 0.5) is 0 Å². The van der Waals surface area contributed by atoms with Crippen molar-refractivity contribution >= 4 is 0 Å². The van der Waals surface area contributed by atoms with Crippen LogP contribution in [0.3, 0.4) is 0 Å². The smallest absolute Gasteiger partial charge is 0.150 e. The highest BCUT2D eigenvalue weighted by molar-refractivity contribution is 5.13. The number of ether oxygens (including phenoxy) is 1. The molecule has 3 fully saturated rings. The molecule has 0 spiro atoms. The molecule has 0 bridgehead atoms. The Balaban J connectivity index is 1.44. The molecule has 5 heteroatoms. The Morgan fingerprint density at radius 2 is 2.12 bits per heavy atom. The molecular formula is C19H30N2O3. The van der Waals surface area contributed by atoms with E-state index in [1.807, 2.05) is 7.11 Å². The van der Waals surface area contributed by atoms with Gasteiger partial charge in [0.1, 0.15) is 0 Å². The number of fused-ring (bicyclic) bond motifs is 1. The maximum absolute atomic E-state index is 10.1. The van der Waals surface area contributed by atoms with Gasteiger partial charge in [0.15, 0.2) is 5.76 Å². The monoisotopic (exact) mass is 334 g/mol. The van der Waals surface area contributed by atoms with Gasteiger partial charge in [-0.05, 0) is 38.5 Å². The Kier molecular flexibility index (Phi) is 4.67. The van der Waals surface area contributed by atoms with Crippen molar-refractivity contribution in [3.63, 3.8) is 0 Å². The Hall–Kier alpha value is -0.910. The molecule has 3 atom stereocenters. The second-order valence-corrected chi connectivity index (χ2v) is 7.99. The summed E-state index contributed by atoms with van der Waals surface area (Å²) in [6.07, 6.45) is 9.94. The zero-order chi connectivity index (χ0) is 16.6. The fraction of sp³-hybridized carbons (Fsp3) is 0.842. The van der Waals surface area contributed by atoms with Crippen LogP contribution in [0.15, 0.2) is 10.6 Å². The summed E-state index contributed by atoms with van der Waals surface area (Å²) in [5.41, 5.74) is 1.07. The van der Waals surface area contributed by atoms with E-state index in [1.165, 1.54) is 32.1 Å². The van der Waals surface area contributed by atoms with Crippen molar-refractivity contribution in [2.24, 2.45) is 0 Å². The number of rotatable bonds is 4. The topological polar surface area (TPSA) is 58.7 Å². The number of aromatic nitrogens is 1. The molecule has 3 aliphatic rings. The van der Waals surface area contributed by atoms with Gasteiger partial charge in [0.05, 0.1) is 23.9 Å². The molecule has 24 heavy (non-hydrogen) atoms. The maximum atomic E-state index is 10.1. The van der Waals surface area contributed by atoms with Crippen molar-refractivity contribution in [1.29, 1.82) is 0 Å². The first-order valence-electron chi connectivity index (χ1n) is 9.63. The van der Waals surface area contributed by atoms with Gasteiger partial charge < -0.3 is 14.4 Å². The van der Waals surface area contributed by atoms with Gasteiger partial charge in [-0.15, -0.1) is 0 Å². The summed E-state index contributed by atoms with van der Waals surface area (Å²) >= 11 is 0. The van der Waals surface area contributed by atoms with Crippen LogP contribution in [0, 0.1) is 0 Å². The second kappa shape index (κ2) is 6.77. The third-order valence-electron chi connectivity index (χ3n) is 6.63. The molecule has 1 aromatic rings. The minimum absolute atomic E-state index is 0.0779. The number of hydrogen-bond acceptors (Lipinski definition) is 5. The first-order valence-corrected chi connectivity index (χ1v) is 9.63. The molecule has 2 saturated carbocycles. The molecule has 0 radical (unpaired) electrons. The predicted octanol–water partition coefficient (Wildman–Crippen LogP) is 3.23. The van der Waals surface area contributed by atoms with E-state index in [4.69, 9.17) is 9.26 Å². The molecule has 0 unspecified atom stereocenters. The number of likely N-dealkylation sites (tertiary alicyclic amines) is 1. The quantitative estimate of drug-likeness (QED) is 0.916. The number of aliphatic hydroxyl groups excluding tert-OH is 1. The Morgan fingerprint density at radius 3 is 2.92 bits per heavy atom. The fourth-order valence-electron chi connectivity index (χ4n) is 5.15.